The number of hydrogen-bond donors (Lipinski definition) is 0. The van der Waals surface area contributed by atoms with E-state index in [0.717, 1.165) is 21.3 Å². The topological polar surface area (TPSA) is 22.1 Å². The second-order valence-corrected chi connectivity index (χ2v) is 4.52. The molecule has 1 aromatic heterocycles. The molecule has 0 N–H and O–H groups in total. The van der Waals surface area contributed by atoms with Gasteiger partial charge in [-0.15, -0.1) is 0 Å². The van der Waals surface area contributed by atoms with Crippen molar-refractivity contribution < 1.29 is 4.74 Å². The van der Waals surface area contributed by atoms with Crippen molar-refractivity contribution in [1.82, 2.24) is 4.98 Å². The predicted molar refractivity (Wildman–Crippen MR) is 67.9 cm³/mol. The number of aromatic nitrogens is 1. The molecule has 1 heterocycles. The Balaban J connectivity index is 2.31. The van der Waals surface area contributed by atoms with Crippen molar-refractivity contribution in [2.45, 2.75) is 13.8 Å². The Morgan fingerprint density at radius 1 is 1.19 bits per heavy atom. The first-order valence-electron chi connectivity index (χ1n) is 5.02. The molecule has 0 spiro atoms. The second-order valence-electron chi connectivity index (χ2n) is 3.67. The molecule has 0 aliphatic heterocycles. The maximum Gasteiger partial charge on any atom is 0.233 e. The van der Waals surface area contributed by atoms with Crippen molar-refractivity contribution in [3.63, 3.8) is 0 Å². The Hall–Kier alpha value is -1.35. The lowest BCUT2D eigenvalue weighted by Gasteiger charge is -2.09. The van der Waals surface area contributed by atoms with Crippen molar-refractivity contribution in [3.8, 4) is 11.6 Å². The van der Waals surface area contributed by atoms with E-state index in [1.54, 1.807) is 6.20 Å². The average Bonchev–Trinajstić information content (AvgIpc) is 2.25. The SMILES string of the molecule is Cc1cnc(Oc2ccccc2C)c(Br)c1. The first-order valence-corrected chi connectivity index (χ1v) is 5.82. The van der Waals surface area contributed by atoms with Crippen LogP contribution in [0.5, 0.6) is 11.6 Å². The van der Waals surface area contributed by atoms with Crippen LogP contribution < -0.4 is 4.74 Å². The minimum absolute atomic E-state index is 0.597. The molecule has 0 saturated carbocycles. The number of hydrogen-bond acceptors (Lipinski definition) is 2. The van der Waals surface area contributed by atoms with Crippen molar-refractivity contribution in [2.75, 3.05) is 0 Å². The minimum Gasteiger partial charge on any atom is -0.438 e. The number of pyridine rings is 1. The molecule has 2 nitrogen and oxygen atoms in total. The third-order valence-corrected chi connectivity index (χ3v) is 2.81. The van der Waals surface area contributed by atoms with Crippen LogP contribution in [0.15, 0.2) is 41.0 Å². The number of ether oxygens (including phenoxy) is 1. The van der Waals surface area contributed by atoms with E-state index in [9.17, 15) is 0 Å². The first-order chi connectivity index (χ1) is 7.66. The van der Waals surface area contributed by atoms with Crippen LogP contribution in [0.4, 0.5) is 0 Å². The van der Waals surface area contributed by atoms with Crippen LogP contribution in [0, 0.1) is 13.8 Å². The molecule has 2 aromatic rings. The second kappa shape index (κ2) is 4.66. The summed E-state index contributed by atoms with van der Waals surface area (Å²) in [4.78, 5) is 4.25. The maximum absolute atomic E-state index is 5.74. The number of rotatable bonds is 2. The zero-order chi connectivity index (χ0) is 11.5. The van der Waals surface area contributed by atoms with Crippen LogP contribution in [-0.4, -0.2) is 4.98 Å². The van der Waals surface area contributed by atoms with Crippen LogP contribution in [0.1, 0.15) is 11.1 Å². The minimum atomic E-state index is 0.597. The molecular weight excluding hydrogens is 266 g/mol. The van der Waals surface area contributed by atoms with Crippen molar-refractivity contribution >= 4 is 15.9 Å². The third-order valence-electron chi connectivity index (χ3n) is 2.24. The molecule has 0 unspecified atom stereocenters. The highest BCUT2D eigenvalue weighted by Gasteiger charge is 2.05. The molecule has 16 heavy (non-hydrogen) atoms. The molecule has 0 aliphatic rings. The van der Waals surface area contributed by atoms with Gasteiger partial charge in [-0.2, -0.15) is 0 Å². The van der Waals surface area contributed by atoms with E-state index in [1.807, 2.05) is 44.2 Å². The summed E-state index contributed by atoms with van der Waals surface area (Å²) >= 11 is 3.44. The van der Waals surface area contributed by atoms with Crippen molar-refractivity contribution in [3.05, 3.63) is 52.1 Å². The fourth-order valence-electron chi connectivity index (χ4n) is 1.37. The molecular formula is C13H12BrNO. The number of aryl methyl sites for hydroxylation is 2. The van der Waals surface area contributed by atoms with Gasteiger partial charge >= 0.3 is 0 Å². The molecule has 82 valence electrons. The number of para-hydroxylation sites is 1. The summed E-state index contributed by atoms with van der Waals surface area (Å²) in [5.41, 5.74) is 2.20. The van der Waals surface area contributed by atoms with Gasteiger partial charge in [0.2, 0.25) is 5.88 Å². The molecule has 0 fully saturated rings. The molecule has 2 rings (SSSR count). The molecule has 0 radical (unpaired) electrons. The first kappa shape index (κ1) is 11.1. The van der Waals surface area contributed by atoms with E-state index in [0.29, 0.717) is 5.88 Å². The van der Waals surface area contributed by atoms with Gasteiger partial charge in [-0.25, -0.2) is 4.98 Å². The third kappa shape index (κ3) is 2.42. The fourth-order valence-corrected chi connectivity index (χ4v) is 1.92. The van der Waals surface area contributed by atoms with Gasteiger partial charge in [0.15, 0.2) is 0 Å². The molecule has 0 amide bonds. The molecule has 0 aliphatic carbocycles. The van der Waals surface area contributed by atoms with Gasteiger partial charge in [0, 0.05) is 6.20 Å². The number of halogens is 1. The van der Waals surface area contributed by atoms with Crippen LogP contribution in [0.3, 0.4) is 0 Å². The van der Waals surface area contributed by atoms with Gasteiger partial charge in [-0.1, -0.05) is 18.2 Å². The van der Waals surface area contributed by atoms with Gasteiger partial charge in [0.1, 0.15) is 5.75 Å². The monoisotopic (exact) mass is 277 g/mol. The highest BCUT2D eigenvalue weighted by molar-refractivity contribution is 9.10. The van der Waals surface area contributed by atoms with Crippen molar-refractivity contribution in [2.24, 2.45) is 0 Å². The smallest absolute Gasteiger partial charge is 0.233 e. The van der Waals surface area contributed by atoms with E-state index in [2.05, 4.69) is 20.9 Å². The van der Waals surface area contributed by atoms with Crippen LogP contribution in [-0.2, 0) is 0 Å². The van der Waals surface area contributed by atoms with E-state index in [4.69, 9.17) is 4.74 Å². The molecule has 3 heteroatoms. The summed E-state index contributed by atoms with van der Waals surface area (Å²) in [5, 5.41) is 0. The average molecular weight is 278 g/mol. The zero-order valence-electron chi connectivity index (χ0n) is 9.20. The fraction of sp³-hybridized carbons (Fsp3) is 0.154. The van der Waals surface area contributed by atoms with Gasteiger partial charge in [-0.05, 0) is 53.0 Å². The lowest BCUT2D eigenvalue weighted by atomic mass is 10.2. The predicted octanol–water partition coefficient (Wildman–Crippen LogP) is 4.25. The lowest BCUT2D eigenvalue weighted by Crippen LogP contribution is -1.91. The normalized spacial score (nSPS) is 10.2. The van der Waals surface area contributed by atoms with Crippen molar-refractivity contribution in [1.29, 1.82) is 0 Å². The Labute approximate surface area is 103 Å². The summed E-state index contributed by atoms with van der Waals surface area (Å²) in [6, 6.07) is 9.87. The summed E-state index contributed by atoms with van der Waals surface area (Å²) in [5.74, 6) is 1.43. The molecule has 1 aromatic carbocycles. The maximum atomic E-state index is 5.74. The quantitative estimate of drug-likeness (QED) is 0.819. The van der Waals surface area contributed by atoms with Gasteiger partial charge in [0.05, 0.1) is 4.47 Å². The zero-order valence-corrected chi connectivity index (χ0v) is 10.8. The standard InChI is InChI=1S/C13H12BrNO/c1-9-7-11(14)13(15-8-9)16-12-6-4-3-5-10(12)2/h3-8H,1-2H3. The van der Waals surface area contributed by atoms with E-state index in [-0.39, 0.29) is 0 Å². The van der Waals surface area contributed by atoms with E-state index >= 15 is 0 Å². The Morgan fingerprint density at radius 2 is 1.94 bits per heavy atom. The van der Waals surface area contributed by atoms with Crippen LogP contribution in [0.2, 0.25) is 0 Å². The van der Waals surface area contributed by atoms with Gasteiger partial charge < -0.3 is 4.74 Å². The molecule has 0 bridgehead atoms. The van der Waals surface area contributed by atoms with Gasteiger partial charge in [-0.3, -0.25) is 0 Å². The largest absolute Gasteiger partial charge is 0.438 e. The highest BCUT2D eigenvalue weighted by atomic mass is 79.9. The molecule has 0 atom stereocenters. The van der Waals surface area contributed by atoms with Crippen LogP contribution >= 0.6 is 15.9 Å². The lowest BCUT2D eigenvalue weighted by molar-refractivity contribution is 0.456. The number of nitrogens with zero attached hydrogens (tertiary/aromatic N) is 1. The van der Waals surface area contributed by atoms with E-state index in [1.165, 1.54) is 0 Å². The Morgan fingerprint density at radius 3 is 2.62 bits per heavy atom. The summed E-state index contributed by atoms with van der Waals surface area (Å²) in [6.07, 6.45) is 1.79. The summed E-state index contributed by atoms with van der Waals surface area (Å²) in [6.45, 7) is 4.01. The highest BCUT2D eigenvalue weighted by Crippen LogP contribution is 2.29. The Kier molecular flexibility index (Phi) is 3.25. The van der Waals surface area contributed by atoms with Gasteiger partial charge in [0.25, 0.3) is 0 Å². The summed E-state index contributed by atoms with van der Waals surface area (Å²) in [7, 11) is 0. The van der Waals surface area contributed by atoms with Crippen LogP contribution in [0.25, 0.3) is 0 Å². The number of benzene rings is 1. The molecule has 0 saturated heterocycles. The summed E-state index contributed by atoms with van der Waals surface area (Å²) < 4.78 is 6.61. The van der Waals surface area contributed by atoms with E-state index < -0.39 is 0 Å². The Bertz CT molecular complexity index is 511.